The molecule has 0 spiro atoms. The molecule has 2 atom stereocenters. The zero-order chi connectivity index (χ0) is 19.3. The summed E-state index contributed by atoms with van der Waals surface area (Å²) in [4.78, 5) is 4.10. The van der Waals surface area contributed by atoms with Crippen molar-refractivity contribution in [3.8, 4) is 0 Å². The van der Waals surface area contributed by atoms with Crippen molar-refractivity contribution in [1.82, 2.24) is 20.4 Å². The molecule has 5 nitrogen and oxygen atoms in total. The molecule has 0 saturated heterocycles. The molecule has 2 aromatic rings. The normalized spacial score (nSPS) is 14.3. The van der Waals surface area contributed by atoms with Gasteiger partial charge in [0.25, 0.3) is 0 Å². The van der Waals surface area contributed by atoms with Gasteiger partial charge in [0.1, 0.15) is 0 Å². The van der Waals surface area contributed by atoms with Gasteiger partial charge in [0.15, 0.2) is 11.7 Å². The first-order valence-electron chi connectivity index (χ1n) is 8.34. The van der Waals surface area contributed by atoms with Crippen molar-refractivity contribution in [2.24, 2.45) is 12.0 Å². The third-order valence-electron chi connectivity index (χ3n) is 4.28. The van der Waals surface area contributed by atoms with E-state index >= 15 is 0 Å². The molecule has 0 radical (unpaired) electrons. The molecule has 1 aromatic carbocycles. The maximum atomic E-state index is 13.0. The predicted octanol–water partition coefficient (Wildman–Crippen LogP) is 3.91. The molecule has 27 heavy (non-hydrogen) atoms. The average molecular weight is 495 g/mol. The highest BCUT2D eigenvalue weighted by molar-refractivity contribution is 14.0. The zero-order valence-corrected chi connectivity index (χ0v) is 18.0. The number of aryl methyl sites for hydroxylation is 1. The van der Waals surface area contributed by atoms with E-state index in [4.69, 9.17) is 0 Å². The summed E-state index contributed by atoms with van der Waals surface area (Å²) < 4.78 is 40.2. The molecule has 2 N–H and O–H groups in total. The Labute approximate surface area is 174 Å². The minimum atomic E-state index is -4.48. The van der Waals surface area contributed by atoms with Crippen molar-refractivity contribution in [3.05, 3.63) is 53.3 Å². The topological polar surface area (TPSA) is 54.2 Å². The Kier molecular flexibility index (Phi) is 8.58. The molecule has 9 heteroatoms. The minimum Gasteiger partial charge on any atom is -0.353 e. The van der Waals surface area contributed by atoms with Gasteiger partial charge in [-0.15, -0.1) is 24.0 Å². The van der Waals surface area contributed by atoms with Gasteiger partial charge < -0.3 is 10.6 Å². The number of hydrogen-bond acceptors (Lipinski definition) is 2. The van der Waals surface area contributed by atoms with Crippen molar-refractivity contribution < 1.29 is 13.2 Å². The second kappa shape index (κ2) is 9.95. The predicted molar refractivity (Wildman–Crippen MR) is 111 cm³/mol. The number of alkyl halides is 3. The number of hydrogen-bond donors (Lipinski definition) is 2. The Balaban J connectivity index is 0.00000364. The van der Waals surface area contributed by atoms with Crippen LogP contribution in [0.25, 0.3) is 0 Å². The highest BCUT2D eigenvalue weighted by Crippen LogP contribution is 2.30. The highest BCUT2D eigenvalue weighted by Gasteiger charge is 2.36. The lowest BCUT2D eigenvalue weighted by atomic mass is 9.94. The molecular formula is C18H25F3IN5. The van der Waals surface area contributed by atoms with E-state index in [9.17, 15) is 13.2 Å². The van der Waals surface area contributed by atoms with Gasteiger partial charge in [-0.25, -0.2) is 0 Å². The Morgan fingerprint density at radius 3 is 2.41 bits per heavy atom. The van der Waals surface area contributed by atoms with E-state index in [0.29, 0.717) is 5.96 Å². The number of aromatic nitrogens is 2. The van der Waals surface area contributed by atoms with Gasteiger partial charge >= 0.3 is 6.18 Å². The van der Waals surface area contributed by atoms with E-state index in [2.05, 4.69) is 27.6 Å². The Morgan fingerprint density at radius 1 is 1.22 bits per heavy atom. The molecule has 0 aliphatic rings. The Morgan fingerprint density at radius 2 is 1.85 bits per heavy atom. The Bertz CT molecular complexity index is 743. The number of guanidine groups is 1. The summed E-state index contributed by atoms with van der Waals surface area (Å²) in [6.45, 7) is 4.08. The van der Waals surface area contributed by atoms with Gasteiger partial charge in [0, 0.05) is 44.4 Å². The van der Waals surface area contributed by atoms with Crippen LogP contribution in [0.4, 0.5) is 13.2 Å². The number of aliphatic imine (C=N–C) groups is 1. The Hall–Kier alpha value is -1.78. The fourth-order valence-electron chi connectivity index (χ4n) is 2.67. The summed E-state index contributed by atoms with van der Waals surface area (Å²) >= 11 is 0. The van der Waals surface area contributed by atoms with Crippen LogP contribution in [0.1, 0.15) is 36.6 Å². The standard InChI is InChI=1S/C18H24F3N5.HI/c1-12(14-8-6-5-7-9-14)13(2)24-17(22-3)23-10-15-11-26(4)25-16(15)18(19,20)21;/h5-9,11-13H,10H2,1-4H3,(H2,22,23,24);1H. The van der Waals surface area contributed by atoms with Gasteiger partial charge in [-0.3, -0.25) is 9.67 Å². The SMILES string of the molecule is CN=C(NCc1cn(C)nc1C(F)(F)F)NC(C)C(C)c1ccccc1.I. The fourth-order valence-corrected chi connectivity index (χ4v) is 2.67. The maximum Gasteiger partial charge on any atom is 0.435 e. The molecule has 0 fully saturated rings. The van der Waals surface area contributed by atoms with Crippen LogP contribution in [-0.4, -0.2) is 28.8 Å². The van der Waals surface area contributed by atoms with Crippen LogP contribution < -0.4 is 10.6 Å². The van der Waals surface area contributed by atoms with Crippen LogP contribution in [0.5, 0.6) is 0 Å². The number of benzene rings is 1. The van der Waals surface area contributed by atoms with Crippen LogP contribution in [0.2, 0.25) is 0 Å². The lowest BCUT2D eigenvalue weighted by molar-refractivity contribution is -0.142. The minimum absolute atomic E-state index is 0. The lowest BCUT2D eigenvalue weighted by Crippen LogP contribution is -2.44. The maximum absolute atomic E-state index is 13.0. The number of nitrogens with zero attached hydrogens (tertiary/aromatic N) is 3. The van der Waals surface area contributed by atoms with E-state index < -0.39 is 11.9 Å². The molecule has 0 aliphatic heterocycles. The number of rotatable bonds is 5. The van der Waals surface area contributed by atoms with Crippen LogP contribution >= 0.6 is 24.0 Å². The van der Waals surface area contributed by atoms with E-state index in [0.717, 1.165) is 4.68 Å². The van der Waals surface area contributed by atoms with Gasteiger partial charge in [-0.1, -0.05) is 37.3 Å². The first-order valence-corrected chi connectivity index (χ1v) is 8.34. The monoisotopic (exact) mass is 495 g/mol. The molecule has 0 aliphatic carbocycles. The smallest absolute Gasteiger partial charge is 0.353 e. The van der Waals surface area contributed by atoms with Crippen molar-refractivity contribution >= 4 is 29.9 Å². The van der Waals surface area contributed by atoms with Crippen LogP contribution in [-0.2, 0) is 19.8 Å². The second-order valence-corrected chi connectivity index (χ2v) is 6.23. The molecule has 0 amide bonds. The van der Waals surface area contributed by atoms with Crippen molar-refractivity contribution in [1.29, 1.82) is 0 Å². The lowest BCUT2D eigenvalue weighted by Gasteiger charge is -2.24. The first kappa shape index (κ1) is 23.3. The van der Waals surface area contributed by atoms with Crippen LogP contribution in [0, 0.1) is 0 Å². The van der Waals surface area contributed by atoms with Gasteiger partial charge in [0.05, 0.1) is 0 Å². The quantitative estimate of drug-likeness (QED) is 0.376. The molecule has 150 valence electrons. The summed E-state index contributed by atoms with van der Waals surface area (Å²) in [6, 6.07) is 10.1. The van der Waals surface area contributed by atoms with Crippen molar-refractivity contribution in [2.45, 2.75) is 38.5 Å². The zero-order valence-electron chi connectivity index (χ0n) is 15.7. The fraction of sp³-hybridized carbons (Fsp3) is 0.444. The number of nitrogens with one attached hydrogen (secondary N) is 2. The van der Waals surface area contributed by atoms with Crippen molar-refractivity contribution in [3.63, 3.8) is 0 Å². The number of halogens is 4. The molecule has 2 unspecified atom stereocenters. The molecule has 2 rings (SSSR count). The van der Waals surface area contributed by atoms with Gasteiger partial charge in [-0.2, -0.15) is 18.3 Å². The summed E-state index contributed by atoms with van der Waals surface area (Å²) in [5, 5.41) is 9.67. The highest BCUT2D eigenvalue weighted by atomic mass is 127. The van der Waals surface area contributed by atoms with Gasteiger partial charge in [-0.05, 0) is 12.5 Å². The first-order chi connectivity index (χ1) is 12.2. The summed E-state index contributed by atoms with van der Waals surface area (Å²) in [7, 11) is 3.05. The molecule has 1 heterocycles. The third-order valence-corrected chi connectivity index (χ3v) is 4.28. The van der Waals surface area contributed by atoms with Crippen molar-refractivity contribution in [2.75, 3.05) is 7.05 Å². The van der Waals surface area contributed by atoms with E-state index in [1.165, 1.54) is 18.8 Å². The summed E-state index contributed by atoms with van der Waals surface area (Å²) in [5.74, 6) is 0.649. The van der Waals surface area contributed by atoms with Crippen LogP contribution in [0.15, 0.2) is 41.5 Å². The molecule has 1 aromatic heterocycles. The van der Waals surface area contributed by atoms with E-state index in [1.54, 1.807) is 7.05 Å². The van der Waals surface area contributed by atoms with E-state index in [1.807, 2.05) is 37.3 Å². The largest absolute Gasteiger partial charge is 0.435 e. The molecule has 0 bridgehead atoms. The van der Waals surface area contributed by atoms with Crippen LogP contribution in [0.3, 0.4) is 0 Å². The van der Waals surface area contributed by atoms with Gasteiger partial charge in [0.2, 0.25) is 0 Å². The summed E-state index contributed by atoms with van der Waals surface area (Å²) in [5.41, 5.74) is 0.370. The second-order valence-electron chi connectivity index (χ2n) is 6.23. The third kappa shape index (κ3) is 6.40. The summed E-state index contributed by atoms with van der Waals surface area (Å²) in [6.07, 6.45) is -3.12. The average Bonchev–Trinajstić information content (AvgIpc) is 2.99. The molecule has 0 saturated carbocycles. The van der Waals surface area contributed by atoms with E-state index in [-0.39, 0.29) is 48.0 Å². The molecular weight excluding hydrogens is 470 g/mol.